The zero-order valence-corrected chi connectivity index (χ0v) is 14.4. The topological polar surface area (TPSA) is 24.1 Å². The van der Waals surface area contributed by atoms with Gasteiger partial charge in [0.25, 0.3) is 0 Å². The molecule has 3 rings (SSSR count). The van der Waals surface area contributed by atoms with Crippen molar-refractivity contribution in [3.8, 4) is 11.1 Å². The van der Waals surface area contributed by atoms with E-state index in [1.54, 1.807) is 0 Å². The number of hydrogen-bond acceptors (Lipinski definition) is 2. The smallest absolute Gasteiger partial charge is 0.0463 e. The summed E-state index contributed by atoms with van der Waals surface area (Å²) in [6, 6.07) is 17.9. The predicted octanol–water partition coefficient (Wildman–Crippen LogP) is 3.95. The Morgan fingerprint density at radius 3 is 1.57 bits per heavy atom. The summed E-state index contributed by atoms with van der Waals surface area (Å²) in [6.45, 7) is 8.58. The van der Waals surface area contributed by atoms with E-state index < -0.39 is 0 Å². The summed E-state index contributed by atoms with van der Waals surface area (Å²) in [5.74, 6) is 0. The number of rotatable bonds is 8. The molecule has 0 heterocycles. The Labute approximate surface area is 140 Å². The average molecular weight is 308 g/mol. The van der Waals surface area contributed by atoms with Gasteiger partial charge in [0.15, 0.2) is 0 Å². The lowest BCUT2D eigenvalue weighted by molar-refractivity contribution is 0.438. The lowest BCUT2D eigenvalue weighted by atomic mass is 9.77. The van der Waals surface area contributed by atoms with Crippen molar-refractivity contribution in [1.29, 1.82) is 0 Å². The van der Waals surface area contributed by atoms with Crippen LogP contribution in [0.15, 0.2) is 48.5 Å². The number of benzene rings is 2. The fraction of sp³-hybridized carbons (Fsp3) is 0.429. The van der Waals surface area contributed by atoms with Crippen LogP contribution in [0.25, 0.3) is 11.1 Å². The van der Waals surface area contributed by atoms with Crippen LogP contribution >= 0.6 is 0 Å². The van der Waals surface area contributed by atoms with E-state index in [1.165, 1.54) is 35.1 Å². The van der Waals surface area contributed by atoms with Crippen LogP contribution < -0.4 is 10.6 Å². The van der Waals surface area contributed by atoms with Gasteiger partial charge in [0.2, 0.25) is 0 Å². The average Bonchev–Trinajstić information content (AvgIpc) is 2.87. The van der Waals surface area contributed by atoms with Crippen molar-refractivity contribution in [2.45, 2.75) is 32.1 Å². The van der Waals surface area contributed by atoms with Gasteiger partial charge in [0.1, 0.15) is 0 Å². The highest BCUT2D eigenvalue weighted by Gasteiger charge is 2.42. The summed E-state index contributed by atoms with van der Waals surface area (Å²) in [5.41, 5.74) is 5.78. The fourth-order valence-corrected chi connectivity index (χ4v) is 3.82. The van der Waals surface area contributed by atoms with Crippen LogP contribution in [0.1, 0.15) is 37.8 Å². The van der Waals surface area contributed by atoms with Gasteiger partial charge < -0.3 is 10.6 Å². The van der Waals surface area contributed by atoms with Gasteiger partial charge in [-0.3, -0.25) is 0 Å². The summed E-state index contributed by atoms with van der Waals surface area (Å²) < 4.78 is 0. The molecule has 0 amide bonds. The third-order valence-corrected chi connectivity index (χ3v) is 4.88. The maximum absolute atomic E-state index is 3.69. The van der Waals surface area contributed by atoms with Crippen LogP contribution in [-0.2, 0) is 5.41 Å². The molecule has 1 aliphatic rings. The largest absolute Gasteiger partial charge is 0.315 e. The minimum Gasteiger partial charge on any atom is -0.315 e. The van der Waals surface area contributed by atoms with E-state index in [0.29, 0.717) is 0 Å². The van der Waals surface area contributed by atoms with Gasteiger partial charge in [-0.05, 0) is 48.2 Å². The van der Waals surface area contributed by atoms with E-state index in [9.17, 15) is 0 Å². The SMILES string of the molecule is CCCNCC1(CNCCC)c2ccccc2-c2ccccc21. The van der Waals surface area contributed by atoms with Crippen LogP contribution in [0.3, 0.4) is 0 Å². The maximum atomic E-state index is 3.69. The van der Waals surface area contributed by atoms with Gasteiger partial charge in [0, 0.05) is 18.5 Å². The van der Waals surface area contributed by atoms with Crippen molar-refractivity contribution in [2.24, 2.45) is 0 Å². The predicted molar refractivity (Wildman–Crippen MR) is 99.0 cm³/mol. The third kappa shape index (κ3) is 2.93. The molecule has 0 saturated carbocycles. The molecule has 122 valence electrons. The zero-order chi connectivity index (χ0) is 16.1. The van der Waals surface area contributed by atoms with E-state index in [0.717, 1.165) is 26.2 Å². The molecule has 2 aromatic rings. The number of nitrogens with one attached hydrogen (secondary N) is 2. The van der Waals surface area contributed by atoms with Crippen LogP contribution in [0.2, 0.25) is 0 Å². The van der Waals surface area contributed by atoms with E-state index in [-0.39, 0.29) is 5.41 Å². The van der Waals surface area contributed by atoms with Gasteiger partial charge in [-0.1, -0.05) is 62.4 Å². The lowest BCUT2D eigenvalue weighted by Gasteiger charge is -2.33. The van der Waals surface area contributed by atoms with Gasteiger partial charge in [0.05, 0.1) is 0 Å². The molecular weight excluding hydrogens is 280 g/mol. The van der Waals surface area contributed by atoms with Crippen LogP contribution in [-0.4, -0.2) is 26.2 Å². The Hall–Kier alpha value is -1.64. The highest BCUT2D eigenvalue weighted by atomic mass is 14.9. The second-order valence-electron chi connectivity index (χ2n) is 6.53. The first kappa shape index (κ1) is 16.2. The molecular formula is C21H28N2. The first-order chi connectivity index (χ1) is 11.3. The maximum Gasteiger partial charge on any atom is 0.0463 e. The summed E-state index contributed by atoms with van der Waals surface area (Å²) in [5, 5.41) is 7.37. The van der Waals surface area contributed by atoms with Crippen molar-refractivity contribution in [1.82, 2.24) is 10.6 Å². The summed E-state index contributed by atoms with van der Waals surface area (Å²) >= 11 is 0. The Bertz CT molecular complexity index is 590. The van der Waals surface area contributed by atoms with Gasteiger partial charge in [-0.2, -0.15) is 0 Å². The molecule has 2 heteroatoms. The van der Waals surface area contributed by atoms with E-state index >= 15 is 0 Å². The van der Waals surface area contributed by atoms with Gasteiger partial charge in [-0.25, -0.2) is 0 Å². The van der Waals surface area contributed by atoms with Gasteiger partial charge >= 0.3 is 0 Å². The van der Waals surface area contributed by atoms with E-state index in [2.05, 4.69) is 73.0 Å². The Morgan fingerprint density at radius 2 is 1.13 bits per heavy atom. The molecule has 0 saturated heterocycles. The van der Waals surface area contributed by atoms with E-state index in [4.69, 9.17) is 0 Å². The van der Waals surface area contributed by atoms with Crippen LogP contribution in [0, 0.1) is 0 Å². The molecule has 2 aromatic carbocycles. The minimum absolute atomic E-state index is 0.0392. The summed E-state index contributed by atoms with van der Waals surface area (Å²) in [4.78, 5) is 0. The van der Waals surface area contributed by atoms with Crippen molar-refractivity contribution < 1.29 is 0 Å². The first-order valence-corrected chi connectivity index (χ1v) is 8.94. The molecule has 2 nitrogen and oxygen atoms in total. The highest BCUT2D eigenvalue weighted by molar-refractivity contribution is 5.81. The minimum atomic E-state index is 0.0392. The van der Waals surface area contributed by atoms with Crippen molar-refractivity contribution in [2.75, 3.05) is 26.2 Å². The molecule has 0 atom stereocenters. The normalized spacial score (nSPS) is 14.5. The molecule has 2 N–H and O–H groups in total. The van der Waals surface area contributed by atoms with Crippen molar-refractivity contribution in [3.05, 3.63) is 59.7 Å². The van der Waals surface area contributed by atoms with Gasteiger partial charge in [-0.15, -0.1) is 0 Å². The van der Waals surface area contributed by atoms with Crippen LogP contribution in [0.4, 0.5) is 0 Å². The molecule has 0 unspecified atom stereocenters. The molecule has 0 bridgehead atoms. The van der Waals surface area contributed by atoms with Crippen molar-refractivity contribution >= 4 is 0 Å². The summed E-state index contributed by atoms with van der Waals surface area (Å²) in [6.07, 6.45) is 2.34. The molecule has 0 aromatic heterocycles. The number of fused-ring (bicyclic) bond motifs is 3. The summed E-state index contributed by atoms with van der Waals surface area (Å²) in [7, 11) is 0. The Kier molecular flexibility index (Phi) is 5.14. The first-order valence-electron chi connectivity index (χ1n) is 8.94. The fourth-order valence-electron chi connectivity index (χ4n) is 3.82. The molecule has 1 aliphatic carbocycles. The lowest BCUT2D eigenvalue weighted by Crippen LogP contribution is -2.46. The zero-order valence-electron chi connectivity index (χ0n) is 14.4. The highest BCUT2D eigenvalue weighted by Crippen LogP contribution is 2.48. The molecule has 0 fully saturated rings. The van der Waals surface area contributed by atoms with Crippen molar-refractivity contribution in [3.63, 3.8) is 0 Å². The Morgan fingerprint density at radius 1 is 0.696 bits per heavy atom. The Balaban J connectivity index is 2.05. The second-order valence-corrected chi connectivity index (χ2v) is 6.53. The monoisotopic (exact) mass is 308 g/mol. The third-order valence-electron chi connectivity index (χ3n) is 4.88. The standard InChI is InChI=1S/C21H28N2/c1-3-13-22-15-21(16-23-14-4-2)19-11-7-5-9-17(19)18-10-6-8-12-20(18)21/h5-12,22-23H,3-4,13-16H2,1-2H3. The van der Waals surface area contributed by atoms with Crippen LogP contribution in [0.5, 0.6) is 0 Å². The molecule has 0 radical (unpaired) electrons. The number of hydrogen-bond donors (Lipinski definition) is 2. The van der Waals surface area contributed by atoms with E-state index in [1.807, 2.05) is 0 Å². The molecule has 0 aliphatic heterocycles. The molecule has 0 spiro atoms. The quantitative estimate of drug-likeness (QED) is 0.722. The molecule has 23 heavy (non-hydrogen) atoms. The second kappa shape index (κ2) is 7.29.